The molecule has 0 spiro atoms. The van der Waals surface area contributed by atoms with Gasteiger partial charge in [-0.05, 0) is 40.3 Å². The molecule has 0 saturated carbocycles. The number of nitrogens with zero attached hydrogens (tertiary/aromatic N) is 3. The highest BCUT2D eigenvalue weighted by molar-refractivity contribution is 5.63. The van der Waals surface area contributed by atoms with Gasteiger partial charge in [0.25, 0.3) is 0 Å². The lowest BCUT2D eigenvalue weighted by molar-refractivity contribution is -0.389. The van der Waals surface area contributed by atoms with E-state index in [2.05, 4.69) is 4.98 Å². The van der Waals surface area contributed by atoms with E-state index in [1.54, 1.807) is 16.7 Å². The smallest absolute Gasteiger partial charge is 0.414 e. The number of fused-ring (bicyclic) bond motifs is 1. The van der Waals surface area contributed by atoms with Crippen LogP contribution in [0.15, 0.2) is 54.7 Å². The van der Waals surface area contributed by atoms with E-state index in [0.717, 1.165) is 11.1 Å². The average molecular weight is 369 g/mol. The molecule has 2 heterocycles. The van der Waals surface area contributed by atoms with Crippen molar-refractivity contribution in [3.05, 3.63) is 70.7 Å². The maximum absolute atomic E-state index is 13.0. The van der Waals surface area contributed by atoms with Crippen LogP contribution in [-0.2, 0) is 6.54 Å². The molecular formula is C19H16FN3O4. The van der Waals surface area contributed by atoms with E-state index in [4.69, 9.17) is 9.47 Å². The Hall–Kier alpha value is -3.42. The fourth-order valence-electron chi connectivity index (χ4n) is 2.94. The molecule has 7 nitrogen and oxygen atoms in total. The molecule has 4 rings (SSSR count). The molecule has 2 aromatic carbocycles. The van der Waals surface area contributed by atoms with Gasteiger partial charge in [-0.3, -0.25) is 4.57 Å². The molecule has 0 N–H and O–H groups in total. The summed E-state index contributed by atoms with van der Waals surface area (Å²) < 4.78 is 25.9. The zero-order chi connectivity index (χ0) is 18.8. The van der Waals surface area contributed by atoms with Gasteiger partial charge in [-0.25, -0.2) is 4.39 Å². The van der Waals surface area contributed by atoms with Crippen LogP contribution in [0.1, 0.15) is 0 Å². The molecule has 1 aliphatic heterocycles. The molecule has 0 aliphatic carbocycles. The molecule has 1 atom stereocenters. The third-order valence-electron chi connectivity index (χ3n) is 4.33. The van der Waals surface area contributed by atoms with Crippen molar-refractivity contribution >= 4 is 5.82 Å². The Balaban J connectivity index is 1.36. The number of benzene rings is 2. The summed E-state index contributed by atoms with van der Waals surface area (Å²) in [6.45, 7) is 1.35. The first-order chi connectivity index (χ1) is 13.1. The summed E-state index contributed by atoms with van der Waals surface area (Å²) >= 11 is 0. The first-order valence-electron chi connectivity index (χ1n) is 8.41. The maximum atomic E-state index is 13.0. The lowest BCUT2D eigenvalue weighted by atomic mass is 10.1. The average Bonchev–Trinajstić information content (AvgIpc) is 3.11. The summed E-state index contributed by atoms with van der Waals surface area (Å²) in [6, 6.07) is 14.1. The predicted molar refractivity (Wildman–Crippen MR) is 95.2 cm³/mol. The van der Waals surface area contributed by atoms with Crippen LogP contribution in [0, 0.1) is 21.8 Å². The van der Waals surface area contributed by atoms with Crippen LogP contribution in [0.5, 0.6) is 11.8 Å². The molecule has 138 valence electrons. The highest BCUT2D eigenvalue weighted by Gasteiger charge is 2.28. The SMILES string of the molecule is O=[N+]([O-])c1cn2c(n1)OCC(COc1ccc(-c3ccc(F)cc3)cc1)C2. The van der Waals surface area contributed by atoms with Crippen LogP contribution < -0.4 is 9.47 Å². The second kappa shape index (κ2) is 7.06. The van der Waals surface area contributed by atoms with Crippen molar-refractivity contribution in [3.8, 4) is 22.9 Å². The second-order valence-corrected chi connectivity index (χ2v) is 6.31. The third kappa shape index (κ3) is 3.74. The van der Waals surface area contributed by atoms with Crippen molar-refractivity contribution in [2.45, 2.75) is 6.54 Å². The van der Waals surface area contributed by atoms with E-state index in [1.807, 2.05) is 24.3 Å². The quantitative estimate of drug-likeness (QED) is 0.506. The van der Waals surface area contributed by atoms with E-state index in [-0.39, 0.29) is 23.6 Å². The van der Waals surface area contributed by atoms with Crippen LogP contribution in [0.3, 0.4) is 0 Å². The van der Waals surface area contributed by atoms with Crippen molar-refractivity contribution in [2.75, 3.05) is 13.2 Å². The summed E-state index contributed by atoms with van der Waals surface area (Å²) in [7, 11) is 0. The zero-order valence-electron chi connectivity index (χ0n) is 14.2. The van der Waals surface area contributed by atoms with Crippen molar-refractivity contribution in [1.82, 2.24) is 9.55 Å². The van der Waals surface area contributed by atoms with Crippen molar-refractivity contribution in [3.63, 3.8) is 0 Å². The topological polar surface area (TPSA) is 79.4 Å². The molecule has 1 unspecified atom stereocenters. The Morgan fingerprint density at radius 2 is 1.85 bits per heavy atom. The monoisotopic (exact) mass is 369 g/mol. The van der Waals surface area contributed by atoms with E-state index >= 15 is 0 Å². The Bertz CT molecular complexity index is 954. The fraction of sp³-hybridized carbons (Fsp3) is 0.211. The summed E-state index contributed by atoms with van der Waals surface area (Å²) in [6.07, 6.45) is 1.37. The normalized spacial score (nSPS) is 15.7. The van der Waals surface area contributed by atoms with Gasteiger partial charge in [0.15, 0.2) is 0 Å². The summed E-state index contributed by atoms with van der Waals surface area (Å²) in [5.41, 5.74) is 1.90. The van der Waals surface area contributed by atoms with Crippen molar-refractivity contribution in [2.24, 2.45) is 5.92 Å². The number of halogens is 1. The molecule has 1 aromatic heterocycles. The Labute approximate surface area is 154 Å². The van der Waals surface area contributed by atoms with Crippen LogP contribution in [0.4, 0.5) is 10.2 Å². The molecule has 0 saturated heterocycles. The lowest BCUT2D eigenvalue weighted by Gasteiger charge is -2.22. The van der Waals surface area contributed by atoms with Gasteiger partial charge in [-0.1, -0.05) is 24.3 Å². The first-order valence-corrected chi connectivity index (χ1v) is 8.41. The summed E-state index contributed by atoms with van der Waals surface area (Å²) in [5.74, 6) is 0.286. The fourth-order valence-corrected chi connectivity index (χ4v) is 2.94. The minimum atomic E-state index is -0.539. The molecule has 3 aromatic rings. The van der Waals surface area contributed by atoms with E-state index < -0.39 is 4.92 Å². The number of nitro groups is 1. The lowest BCUT2D eigenvalue weighted by Crippen LogP contribution is -2.29. The zero-order valence-corrected chi connectivity index (χ0v) is 14.2. The first kappa shape index (κ1) is 17.0. The highest BCUT2D eigenvalue weighted by atomic mass is 19.1. The molecule has 1 aliphatic rings. The minimum Gasteiger partial charge on any atom is -0.493 e. The van der Waals surface area contributed by atoms with Crippen molar-refractivity contribution in [1.29, 1.82) is 0 Å². The van der Waals surface area contributed by atoms with Crippen LogP contribution in [-0.4, -0.2) is 27.7 Å². The van der Waals surface area contributed by atoms with Gasteiger partial charge in [0, 0.05) is 17.4 Å². The minimum absolute atomic E-state index is 0.0584. The molecular weight excluding hydrogens is 353 g/mol. The van der Waals surface area contributed by atoms with Gasteiger partial charge in [0.1, 0.15) is 24.4 Å². The molecule has 8 heteroatoms. The Morgan fingerprint density at radius 1 is 1.19 bits per heavy atom. The molecule has 0 amide bonds. The Kier molecular flexibility index (Phi) is 4.45. The van der Waals surface area contributed by atoms with Crippen molar-refractivity contribution < 1.29 is 18.8 Å². The number of ether oxygens (including phenoxy) is 2. The van der Waals surface area contributed by atoms with Crippen LogP contribution in [0.25, 0.3) is 11.1 Å². The number of aromatic nitrogens is 2. The van der Waals surface area contributed by atoms with Crippen LogP contribution >= 0.6 is 0 Å². The third-order valence-corrected chi connectivity index (χ3v) is 4.33. The largest absolute Gasteiger partial charge is 0.493 e. The van der Waals surface area contributed by atoms with E-state index in [1.165, 1.54) is 18.3 Å². The number of hydrogen-bond acceptors (Lipinski definition) is 5. The van der Waals surface area contributed by atoms with Gasteiger partial charge in [-0.15, -0.1) is 0 Å². The van der Waals surface area contributed by atoms with Crippen LogP contribution in [0.2, 0.25) is 0 Å². The van der Waals surface area contributed by atoms with Gasteiger partial charge in [0.2, 0.25) is 0 Å². The molecule has 0 radical (unpaired) electrons. The summed E-state index contributed by atoms with van der Waals surface area (Å²) in [4.78, 5) is 14.1. The maximum Gasteiger partial charge on any atom is 0.414 e. The Morgan fingerprint density at radius 3 is 2.52 bits per heavy atom. The predicted octanol–water partition coefficient (Wildman–Crippen LogP) is 3.69. The van der Waals surface area contributed by atoms with Gasteiger partial charge >= 0.3 is 11.8 Å². The van der Waals surface area contributed by atoms with Gasteiger partial charge in [0.05, 0.1) is 6.61 Å². The second-order valence-electron chi connectivity index (χ2n) is 6.31. The molecule has 0 fully saturated rings. The summed E-state index contributed by atoms with van der Waals surface area (Å²) in [5, 5.41) is 10.8. The number of hydrogen-bond donors (Lipinski definition) is 0. The number of rotatable bonds is 5. The molecule has 27 heavy (non-hydrogen) atoms. The van der Waals surface area contributed by atoms with Gasteiger partial charge < -0.3 is 19.6 Å². The molecule has 0 bridgehead atoms. The standard InChI is InChI=1S/C19H16FN3O4/c20-16-5-1-14(2-6-16)15-3-7-17(8-4-15)26-11-13-9-22-10-18(23(24)25)21-19(22)27-12-13/h1-8,10,13H,9,11-12H2. The number of imidazole rings is 1. The van der Waals surface area contributed by atoms with E-state index in [9.17, 15) is 14.5 Å². The van der Waals surface area contributed by atoms with E-state index in [0.29, 0.717) is 25.5 Å². The highest BCUT2D eigenvalue weighted by Crippen LogP contribution is 2.26. The van der Waals surface area contributed by atoms with Gasteiger partial charge in [-0.2, -0.15) is 0 Å².